The summed E-state index contributed by atoms with van der Waals surface area (Å²) in [7, 11) is 0. The molecule has 1 N–H and O–H groups in total. The minimum Gasteiger partial charge on any atom is -0.545 e. The van der Waals surface area contributed by atoms with Gasteiger partial charge in [0, 0.05) is 11.1 Å². The summed E-state index contributed by atoms with van der Waals surface area (Å²) in [5.74, 6) is -1.02. The second-order valence-corrected chi connectivity index (χ2v) is 2.57. The molecule has 0 aliphatic carbocycles. The summed E-state index contributed by atoms with van der Waals surface area (Å²) in [6.45, 7) is 0. The van der Waals surface area contributed by atoms with Gasteiger partial charge in [-0.2, -0.15) is 5.21 Å². The van der Waals surface area contributed by atoms with Gasteiger partial charge in [0.1, 0.15) is 0 Å². The van der Waals surface area contributed by atoms with Crippen LogP contribution >= 0.6 is 0 Å². The fourth-order valence-electron chi connectivity index (χ4n) is 1.13. The molecule has 0 saturated heterocycles. The Morgan fingerprint density at radius 2 is 2.14 bits per heavy atom. The minimum absolute atomic E-state index is 0.0499. The van der Waals surface area contributed by atoms with Crippen molar-refractivity contribution in [3.05, 3.63) is 29.8 Å². The summed E-state index contributed by atoms with van der Waals surface area (Å²) >= 11 is 0. The van der Waals surface area contributed by atoms with E-state index in [1.165, 1.54) is 6.07 Å². The number of hydrogen-bond donors (Lipinski definition) is 1. The van der Waals surface area contributed by atoms with Gasteiger partial charge in [0.15, 0.2) is 0 Å². The zero-order chi connectivity index (χ0) is 9.97. The lowest BCUT2D eigenvalue weighted by Crippen LogP contribution is -2.23. The highest BCUT2D eigenvalue weighted by Gasteiger charge is 2.08. The molecule has 6 heteroatoms. The van der Waals surface area contributed by atoms with Gasteiger partial charge >= 0.3 is 0 Å². The number of aromatic amines is 1. The van der Waals surface area contributed by atoms with Gasteiger partial charge in [0.2, 0.25) is 5.82 Å². The quantitative estimate of drug-likeness (QED) is 0.669. The molecule has 1 heterocycles. The Kier molecular flexibility index (Phi) is 1.94. The third kappa shape index (κ3) is 1.33. The molecule has 6 nitrogen and oxygen atoms in total. The number of hydrogen-bond acceptors (Lipinski definition) is 5. The molecule has 1 aromatic carbocycles. The Bertz CT molecular complexity index is 452. The fourth-order valence-corrected chi connectivity index (χ4v) is 1.13. The first-order valence-corrected chi connectivity index (χ1v) is 3.83. The number of aromatic carboxylic acids is 1. The lowest BCUT2D eigenvalue weighted by Gasteiger charge is -2.05. The van der Waals surface area contributed by atoms with Crippen LogP contribution in [0.2, 0.25) is 0 Å². The van der Waals surface area contributed by atoms with E-state index in [0.29, 0.717) is 5.56 Å². The minimum atomic E-state index is -1.26. The first-order valence-electron chi connectivity index (χ1n) is 3.83. The normalized spacial score (nSPS) is 10.0. The van der Waals surface area contributed by atoms with E-state index >= 15 is 0 Å². The molecular weight excluding hydrogens is 184 g/mol. The van der Waals surface area contributed by atoms with Crippen molar-refractivity contribution >= 4 is 5.97 Å². The monoisotopic (exact) mass is 189 g/mol. The van der Waals surface area contributed by atoms with Crippen molar-refractivity contribution in [2.45, 2.75) is 0 Å². The summed E-state index contributed by atoms with van der Waals surface area (Å²) in [6.07, 6.45) is 0. The third-order valence-electron chi connectivity index (χ3n) is 1.73. The van der Waals surface area contributed by atoms with Crippen molar-refractivity contribution in [1.82, 2.24) is 20.6 Å². The molecule has 0 amide bonds. The first kappa shape index (κ1) is 8.36. The van der Waals surface area contributed by atoms with Crippen LogP contribution in [0, 0.1) is 0 Å². The molecule has 1 aromatic heterocycles. The second kappa shape index (κ2) is 3.25. The van der Waals surface area contributed by atoms with Gasteiger partial charge in [0.05, 0.1) is 5.97 Å². The van der Waals surface area contributed by atoms with Crippen molar-refractivity contribution in [3.63, 3.8) is 0 Å². The van der Waals surface area contributed by atoms with Gasteiger partial charge < -0.3 is 9.90 Å². The molecule has 0 saturated carbocycles. The van der Waals surface area contributed by atoms with Crippen LogP contribution in [0.3, 0.4) is 0 Å². The van der Waals surface area contributed by atoms with E-state index in [9.17, 15) is 9.90 Å². The number of carboxylic acid groups (broad SMARTS) is 1. The fraction of sp³-hybridized carbons (Fsp3) is 0. The predicted octanol–water partition coefficient (Wildman–Crippen LogP) is -0.770. The van der Waals surface area contributed by atoms with Crippen LogP contribution in [0.25, 0.3) is 11.4 Å². The molecule has 0 radical (unpaired) electrons. The average Bonchev–Trinajstić information content (AvgIpc) is 2.70. The number of aromatic nitrogens is 4. The number of H-pyrrole nitrogens is 1. The van der Waals surface area contributed by atoms with Crippen molar-refractivity contribution in [2.75, 3.05) is 0 Å². The Labute approximate surface area is 78.6 Å². The molecule has 0 bridgehead atoms. The van der Waals surface area contributed by atoms with Gasteiger partial charge in [-0.1, -0.05) is 24.3 Å². The summed E-state index contributed by atoms with van der Waals surface area (Å²) < 4.78 is 0. The van der Waals surface area contributed by atoms with Crippen LogP contribution in [-0.4, -0.2) is 26.6 Å². The summed E-state index contributed by atoms with van der Waals surface area (Å²) in [6, 6.07) is 6.32. The molecule has 2 rings (SSSR count). The van der Waals surface area contributed by atoms with Crippen LogP contribution in [0.5, 0.6) is 0 Å². The van der Waals surface area contributed by atoms with Gasteiger partial charge in [-0.25, -0.2) is 0 Å². The maximum Gasteiger partial charge on any atom is 0.205 e. The molecule has 0 aliphatic heterocycles. The Morgan fingerprint density at radius 3 is 2.79 bits per heavy atom. The Morgan fingerprint density at radius 1 is 1.36 bits per heavy atom. The highest BCUT2D eigenvalue weighted by atomic mass is 16.4. The SMILES string of the molecule is O=C([O-])c1ccccc1-c1nn[nH]n1. The van der Waals surface area contributed by atoms with Gasteiger partial charge in [-0.15, -0.1) is 10.2 Å². The molecule has 0 atom stereocenters. The van der Waals surface area contributed by atoms with Crippen LogP contribution in [0.1, 0.15) is 10.4 Å². The van der Waals surface area contributed by atoms with E-state index in [4.69, 9.17) is 0 Å². The number of nitrogens with one attached hydrogen (secondary N) is 1. The van der Waals surface area contributed by atoms with E-state index in [1.807, 2.05) is 0 Å². The Hall–Kier alpha value is -2.24. The Balaban J connectivity index is 2.58. The summed E-state index contributed by atoms with van der Waals surface area (Å²) in [4.78, 5) is 10.7. The molecule has 0 aliphatic rings. The summed E-state index contributed by atoms with van der Waals surface area (Å²) in [5.41, 5.74) is 0.440. The number of tetrazole rings is 1. The highest BCUT2D eigenvalue weighted by Crippen LogP contribution is 2.17. The van der Waals surface area contributed by atoms with Crippen LogP contribution < -0.4 is 5.11 Å². The van der Waals surface area contributed by atoms with E-state index in [-0.39, 0.29) is 11.4 Å². The molecular formula is C8H5N4O2-. The van der Waals surface area contributed by atoms with E-state index < -0.39 is 5.97 Å². The van der Waals surface area contributed by atoms with Gasteiger partial charge in [0.25, 0.3) is 0 Å². The van der Waals surface area contributed by atoms with Crippen molar-refractivity contribution in [3.8, 4) is 11.4 Å². The number of carboxylic acids is 1. The van der Waals surface area contributed by atoms with Crippen molar-refractivity contribution < 1.29 is 9.90 Å². The summed E-state index contributed by atoms with van der Waals surface area (Å²) in [5, 5.41) is 23.7. The lowest BCUT2D eigenvalue weighted by atomic mass is 10.1. The molecule has 0 spiro atoms. The smallest absolute Gasteiger partial charge is 0.205 e. The third-order valence-corrected chi connectivity index (χ3v) is 1.73. The molecule has 0 unspecified atom stereocenters. The van der Waals surface area contributed by atoms with Gasteiger partial charge in [-0.05, 0) is 5.21 Å². The van der Waals surface area contributed by atoms with Gasteiger partial charge in [-0.3, -0.25) is 0 Å². The second-order valence-electron chi connectivity index (χ2n) is 2.57. The van der Waals surface area contributed by atoms with E-state index in [1.54, 1.807) is 18.2 Å². The zero-order valence-electron chi connectivity index (χ0n) is 6.97. The van der Waals surface area contributed by atoms with E-state index in [2.05, 4.69) is 20.6 Å². The number of nitrogens with zero attached hydrogens (tertiary/aromatic N) is 3. The molecule has 0 fully saturated rings. The lowest BCUT2D eigenvalue weighted by molar-refractivity contribution is -0.254. The zero-order valence-corrected chi connectivity index (χ0v) is 6.97. The topological polar surface area (TPSA) is 94.6 Å². The average molecular weight is 189 g/mol. The van der Waals surface area contributed by atoms with Crippen LogP contribution in [0.4, 0.5) is 0 Å². The predicted molar refractivity (Wildman–Crippen MR) is 43.9 cm³/mol. The van der Waals surface area contributed by atoms with E-state index in [0.717, 1.165) is 0 Å². The first-order chi connectivity index (χ1) is 6.79. The molecule has 14 heavy (non-hydrogen) atoms. The number of carbonyl (C=O) groups is 1. The maximum absolute atomic E-state index is 10.7. The molecule has 2 aromatic rings. The largest absolute Gasteiger partial charge is 0.545 e. The van der Waals surface area contributed by atoms with Crippen LogP contribution in [0.15, 0.2) is 24.3 Å². The molecule has 70 valence electrons. The van der Waals surface area contributed by atoms with Crippen molar-refractivity contribution in [1.29, 1.82) is 0 Å². The van der Waals surface area contributed by atoms with Crippen LogP contribution in [-0.2, 0) is 0 Å². The number of rotatable bonds is 2. The maximum atomic E-state index is 10.7. The van der Waals surface area contributed by atoms with Crippen molar-refractivity contribution in [2.24, 2.45) is 0 Å². The standard InChI is InChI=1S/C8H6N4O2/c13-8(14)6-4-2-1-3-5(6)7-9-11-12-10-7/h1-4H,(H,13,14)(H,9,10,11,12)/p-1. The number of benzene rings is 1. The highest BCUT2D eigenvalue weighted by molar-refractivity contribution is 5.93. The number of carbonyl (C=O) groups excluding carboxylic acids is 1.